The summed E-state index contributed by atoms with van der Waals surface area (Å²) >= 11 is 0. The van der Waals surface area contributed by atoms with Gasteiger partial charge in [0.25, 0.3) is 17.8 Å². The molecule has 1 saturated carbocycles. The Kier molecular flexibility index (Phi) is 30.6. The fraction of sp³-hybridized carbons (Fsp3) is 0.565. The predicted octanol–water partition coefficient (Wildman–Crippen LogP) is 10.8. The molecule has 6 N–H and O–H groups in total. The van der Waals surface area contributed by atoms with Gasteiger partial charge in [0.1, 0.15) is 53.5 Å². The van der Waals surface area contributed by atoms with Crippen molar-refractivity contribution in [3.05, 3.63) is 143 Å². The van der Waals surface area contributed by atoms with Gasteiger partial charge in [-0.05, 0) is 180 Å². The van der Waals surface area contributed by atoms with Crippen LogP contribution < -0.4 is 26.6 Å². The second-order valence-electron chi connectivity index (χ2n) is 34.7. The number of rotatable bonds is 19. The van der Waals surface area contributed by atoms with Crippen LogP contribution in [0.5, 0.6) is 0 Å². The molecule has 6 aliphatic heterocycles. The number of ketones is 2. The Bertz CT molecular complexity index is 4910. The lowest BCUT2D eigenvalue weighted by atomic mass is 9.83. The zero-order chi connectivity index (χ0) is 86.0. The van der Waals surface area contributed by atoms with Crippen LogP contribution in [0.1, 0.15) is 176 Å². The van der Waals surface area contributed by atoms with Crippen molar-refractivity contribution in [1.29, 1.82) is 0 Å². The number of nitrogens with one attached hydrogen (secondary N) is 1. The average molecular weight is 1690 g/mol. The summed E-state index contributed by atoms with van der Waals surface area (Å²) in [5, 5.41) is 19.8. The lowest BCUT2D eigenvalue weighted by Gasteiger charge is -2.36. The number of carbonyl (C=O) groups excluding carboxylic acids is 6. The maximum Gasteiger partial charge on any atom is 0.407 e. The molecule has 2 aromatic carbocycles. The third-order valence-corrected chi connectivity index (χ3v) is 25.7. The first kappa shape index (κ1) is 88.9. The third kappa shape index (κ3) is 23.5. The van der Waals surface area contributed by atoms with Crippen LogP contribution in [0.2, 0.25) is 0 Å². The fourth-order valence-electron chi connectivity index (χ4n) is 18.2. The quantitative estimate of drug-likeness (QED) is 0.0253. The van der Waals surface area contributed by atoms with Crippen LogP contribution in [-0.2, 0) is 68.9 Å². The number of carbonyl (C=O) groups is 6. The number of oxazole rings is 1. The van der Waals surface area contributed by atoms with E-state index < -0.39 is 48.1 Å². The number of methoxy groups -OCH3 is 1. The summed E-state index contributed by atoms with van der Waals surface area (Å²) in [7, 11) is 1.66. The van der Waals surface area contributed by atoms with Crippen LogP contribution in [-0.4, -0.2) is 246 Å². The summed E-state index contributed by atoms with van der Waals surface area (Å²) in [4.78, 5) is 128. The fourth-order valence-corrected chi connectivity index (χ4v) is 18.2. The van der Waals surface area contributed by atoms with Gasteiger partial charge in [-0.3, -0.25) is 29.0 Å². The number of aliphatic hydroxyl groups excluding tert-OH is 1. The zero-order valence-electron chi connectivity index (χ0n) is 72.1. The van der Waals surface area contributed by atoms with E-state index in [0.717, 1.165) is 125 Å². The molecule has 2 bridgehead atoms. The van der Waals surface area contributed by atoms with Gasteiger partial charge in [-0.15, -0.1) is 0 Å². The minimum Gasteiger partial charge on any atom is -0.461 e. The Balaban J connectivity index is 0.472. The molecule has 2 unspecified atom stereocenters. The number of ether oxygens (including phenoxy) is 5. The number of cyclic esters (lactones) is 1. The number of nitrogens with zero attached hydrogens (tertiary/aromatic N) is 15. The maximum atomic E-state index is 14.5. The summed E-state index contributed by atoms with van der Waals surface area (Å²) < 4.78 is 38.2. The molecule has 7 aromatic rings. The molecule has 31 nitrogen and oxygen atoms in total. The lowest BCUT2D eigenvalue weighted by Crippen LogP contribution is -2.54. The number of benzene rings is 2. The smallest absolute Gasteiger partial charge is 0.407 e. The first-order chi connectivity index (χ1) is 59.6. The number of Topliss-reactive ketones (excluding diaryl/α,β-unsaturated/α-hetero) is 2. The average Bonchev–Trinajstić information content (AvgIpc) is 1.64. The Morgan fingerprint density at radius 1 is 0.699 bits per heavy atom. The highest BCUT2D eigenvalue weighted by Crippen LogP contribution is 2.37. The third-order valence-electron chi connectivity index (χ3n) is 25.7. The highest BCUT2D eigenvalue weighted by Gasteiger charge is 2.42. The van der Waals surface area contributed by atoms with Crippen LogP contribution in [0.3, 0.4) is 0 Å². The second kappa shape index (κ2) is 42.3. The number of fused-ring (bicyclic) bond motifs is 6. The minimum atomic E-state index is -0.922. The van der Waals surface area contributed by atoms with E-state index in [9.17, 15) is 33.9 Å². The van der Waals surface area contributed by atoms with Crippen LogP contribution in [0.15, 0.2) is 120 Å². The molecule has 1 aliphatic carbocycles. The van der Waals surface area contributed by atoms with Gasteiger partial charge in [0.05, 0.1) is 49.0 Å². The van der Waals surface area contributed by atoms with Gasteiger partial charge in [0.2, 0.25) is 17.7 Å². The summed E-state index contributed by atoms with van der Waals surface area (Å²) in [6.07, 6.45) is 27.7. The van der Waals surface area contributed by atoms with Gasteiger partial charge >= 0.3 is 12.1 Å². The van der Waals surface area contributed by atoms with Gasteiger partial charge in [0.15, 0.2) is 11.2 Å². The highest BCUT2D eigenvalue weighted by atomic mass is 16.6. The molecule has 3 amide bonds. The number of aromatic nitrogens is 9. The number of amides is 3. The number of alkyl carbamates (subject to hydrolysis) is 1. The highest BCUT2D eigenvalue weighted by molar-refractivity contribution is 6.38. The monoisotopic (exact) mass is 1690 g/mol. The number of allylic oxidation sites excluding steroid dienone is 6. The van der Waals surface area contributed by atoms with Crippen molar-refractivity contribution in [2.24, 2.45) is 23.7 Å². The van der Waals surface area contributed by atoms with Gasteiger partial charge in [0, 0.05) is 153 Å². The summed E-state index contributed by atoms with van der Waals surface area (Å²) in [6, 6.07) is 11.1. The van der Waals surface area contributed by atoms with Gasteiger partial charge in [-0.2, -0.15) is 10.1 Å². The first-order valence-corrected chi connectivity index (χ1v) is 44.4. The second-order valence-corrected chi connectivity index (χ2v) is 34.7. The molecule has 123 heavy (non-hydrogen) atoms. The number of nitrogen functional groups attached to an aromatic ring is 2. The molecule has 11 heterocycles. The summed E-state index contributed by atoms with van der Waals surface area (Å²) in [5.41, 5.74) is 21.7. The largest absolute Gasteiger partial charge is 0.461 e. The van der Waals surface area contributed by atoms with E-state index >= 15 is 0 Å². The molecule has 9 atom stereocenters. The number of esters is 1. The number of aliphatic hydroxyl groups is 1. The number of hydrogen-bond donors (Lipinski definition) is 4. The minimum absolute atomic E-state index is 0.00970. The van der Waals surface area contributed by atoms with Gasteiger partial charge in [-0.25, -0.2) is 44.2 Å². The van der Waals surface area contributed by atoms with E-state index in [1.165, 1.54) is 16.8 Å². The van der Waals surface area contributed by atoms with Gasteiger partial charge < -0.3 is 69.6 Å². The van der Waals surface area contributed by atoms with Crippen LogP contribution in [0.4, 0.5) is 28.5 Å². The Morgan fingerprint density at radius 3 is 2.16 bits per heavy atom. The van der Waals surface area contributed by atoms with Crippen molar-refractivity contribution in [3.8, 4) is 11.3 Å². The molecule has 5 fully saturated rings. The molecular weight excluding hydrogens is 1570 g/mol. The maximum absolute atomic E-state index is 14.5. The van der Waals surface area contributed by atoms with Crippen LogP contribution >= 0.6 is 0 Å². The molecule has 5 aromatic heterocycles. The Hall–Kier alpha value is -10.4. The van der Waals surface area contributed by atoms with Gasteiger partial charge in [-0.1, -0.05) is 75.4 Å². The number of piperazine rings is 2. The molecule has 7 aliphatic rings. The Labute approximate surface area is 719 Å². The van der Waals surface area contributed by atoms with Crippen molar-refractivity contribution < 1.29 is 62.0 Å². The number of piperidine rings is 1. The van der Waals surface area contributed by atoms with E-state index in [-0.39, 0.29) is 73.3 Å². The van der Waals surface area contributed by atoms with Crippen molar-refractivity contribution in [1.82, 2.24) is 69.6 Å². The van der Waals surface area contributed by atoms with Crippen molar-refractivity contribution in [2.75, 3.05) is 120 Å². The SMILES string of the molecule is CO[C@H]1CC2CCCC(O2)C(=O)C(=O)N2CCCC[C@H]2C(=O)O[C@H](CC[C@H]2CC[C@H](OC(=O)NCc3cnc(N4CCN(CCOCCN5CCN(c6ncc(C(=O)N7CCc8cc(Cn9nc(-c%10ccc%11oc(N)nc%11c%10)c%10c(N)ncnc%109)ccc8C7)cn6)CC5)CC4)nc3)CC2)CC[C@H](C)/C=C(\C)[C@@H](O)CC(=O)[C@H](C)C[C@H](C)/C=C/C=C/C=C/1C. The summed E-state index contributed by atoms with van der Waals surface area (Å²) in [5.74, 6) is -0.140. The lowest BCUT2D eigenvalue weighted by molar-refractivity contribution is -0.167. The molecule has 658 valence electrons. The number of nitrogens with two attached hydrogens (primary N) is 2. The molecule has 0 spiro atoms. The number of anilines is 4. The van der Waals surface area contributed by atoms with Crippen molar-refractivity contribution in [3.63, 3.8) is 0 Å². The van der Waals surface area contributed by atoms with E-state index in [0.29, 0.717) is 173 Å². The normalized spacial score (nSPS) is 26.5. The number of hydrogen-bond acceptors (Lipinski definition) is 27. The van der Waals surface area contributed by atoms with Crippen molar-refractivity contribution in [2.45, 2.75) is 212 Å². The zero-order valence-corrected chi connectivity index (χ0v) is 72.1. The molecular formula is C92H122N18O13. The molecule has 0 radical (unpaired) electrons. The van der Waals surface area contributed by atoms with E-state index in [1.807, 2.05) is 78.9 Å². The Morgan fingerprint density at radius 2 is 1.43 bits per heavy atom. The van der Waals surface area contributed by atoms with Crippen LogP contribution in [0, 0.1) is 23.7 Å². The van der Waals surface area contributed by atoms with E-state index in [2.05, 4.69) is 97.9 Å². The topological polar surface area (TPSA) is 374 Å². The van der Waals surface area contributed by atoms with E-state index in [1.54, 1.807) is 31.9 Å². The molecule has 31 heteroatoms. The first-order valence-electron chi connectivity index (χ1n) is 44.4. The van der Waals surface area contributed by atoms with Crippen molar-refractivity contribution >= 4 is 81.3 Å². The van der Waals surface area contributed by atoms with E-state index in [4.69, 9.17) is 44.7 Å². The molecule has 14 rings (SSSR count). The summed E-state index contributed by atoms with van der Waals surface area (Å²) in [6.45, 7) is 21.3. The standard InChI is InChI=1S/C92H122N18O13/c1-59-13-8-7-9-14-61(3)80(118-6)49-73-15-12-17-79(120-73)83(113)87(115)109-31-11-10-16-75(109)88(116)121-71(25-18-60(2)46-63(5)77(112)50-76(111)62(4)45-59)26-20-64-21-27-72(28-22-64)122-92(117)99-53-66-51-95-90(96-52-66)106-37-33-104(34-38-106)41-43-119-44-42-105-35-39-107(40-36-105)91-97-54-70(55-98-91)86(114)108-32-30-67-47-65(19-23-69(67)57-108)56-110-85-81(84(93)100-58-101-85)82(103-110)68-24-29-78-74(48-68)102-89(94)123-78/h7-9,13-14,19,23-24,29,46-48,51-52,54-55,58-60,62,64,71-73,75,77,79-80,112H,10-12,15-18,20-22,25-28,30-45,49-50,53,56-57H2,1-6H3,(H2,94,102)(H,99,117)(H2,93,100,101)/b9-7+,13-8+,61-14+,63-46+/t59-,60+,62-,64-,71+,72-,73?,75+,77+,79?,80+/m1/s1. The van der Waals surface area contributed by atoms with Crippen LogP contribution in [0.25, 0.3) is 33.4 Å². The predicted molar refractivity (Wildman–Crippen MR) is 467 cm³/mol. The molecule has 4 saturated heterocycles.